The van der Waals surface area contributed by atoms with Crippen LogP contribution in [-0.2, 0) is 6.42 Å². The fraction of sp³-hybridized carbons (Fsp3) is 0.571. The first-order valence-electron chi connectivity index (χ1n) is 6.11. The Hall–Kier alpha value is -0.430. The fourth-order valence-corrected chi connectivity index (χ4v) is 2.07. The predicted octanol–water partition coefficient (Wildman–Crippen LogP) is 4.88. The molecular formula is C14H22S. The highest BCUT2D eigenvalue weighted by Crippen LogP contribution is 2.13. The molecule has 1 aromatic rings. The van der Waals surface area contributed by atoms with Gasteiger partial charge in [-0.25, -0.2) is 0 Å². The van der Waals surface area contributed by atoms with E-state index in [0.717, 1.165) is 4.90 Å². The van der Waals surface area contributed by atoms with Gasteiger partial charge in [-0.05, 0) is 30.5 Å². The summed E-state index contributed by atoms with van der Waals surface area (Å²) in [6.45, 7) is 2.26. The number of hydrogen-bond acceptors (Lipinski definition) is 1. The van der Waals surface area contributed by atoms with Crippen LogP contribution in [-0.4, -0.2) is 0 Å². The number of hydrogen-bond donors (Lipinski definition) is 1. The van der Waals surface area contributed by atoms with Crippen molar-refractivity contribution in [3.63, 3.8) is 0 Å². The summed E-state index contributed by atoms with van der Waals surface area (Å²) in [6.07, 6.45) is 9.43. The summed E-state index contributed by atoms with van der Waals surface area (Å²) in [5.74, 6) is 0. The van der Waals surface area contributed by atoms with Crippen molar-refractivity contribution in [1.82, 2.24) is 0 Å². The van der Waals surface area contributed by atoms with Gasteiger partial charge in [0.1, 0.15) is 0 Å². The lowest BCUT2D eigenvalue weighted by molar-refractivity contribution is 0.607. The Morgan fingerprint density at radius 1 is 1.00 bits per heavy atom. The molecule has 0 saturated carbocycles. The molecule has 15 heavy (non-hydrogen) atoms. The molecule has 0 fully saturated rings. The second-order valence-corrected chi connectivity index (χ2v) is 4.70. The van der Waals surface area contributed by atoms with E-state index in [1.165, 1.54) is 50.5 Å². The lowest BCUT2D eigenvalue weighted by Crippen LogP contribution is -1.86. The van der Waals surface area contributed by atoms with Gasteiger partial charge in [0.15, 0.2) is 0 Å². The van der Waals surface area contributed by atoms with Crippen molar-refractivity contribution in [1.29, 1.82) is 0 Å². The van der Waals surface area contributed by atoms with Crippen LogP contribution in [0, 0.1) is 0 Å². The lowest BCUT2D eigenvalue weighted by atomic mass is 10.1. The SMILES string of the molecule is CCCCCCCCc1cccc(S)c1. The summed E-state index contributed by atoms with van der Waals surface area (Å²) in [6, 6.07) is 8.50. The van der Waals surface area contributed by atoms with E-state index in [2.05, 4.69) is 37.8 Å². The van der Waals surface area contributed by atoms with Crippen molar-refractivity contribution in [2.24, 2.45) is 0 Å². The highest BCUT2D eigenvalue weighted by Gasteiger charge is 1.94. The standard InChI is InChI=1S/C14H22S/c1-2-3-4-5-6-7-9-13-10-8-11-14(15)12-13/h8,10-12,15H,2-7,9H2,1H3. The number of rotatable bonds is 7. The molecular weight excluding hydrogens is 200 g/mol. The molecule has 0 nitrogen and oxygen atoms in total. The van der Waals surface area contributed by atoms with Crippen molar-refractivity contribution in [3.05, 3.63) is 29.8 Å². The van der Waals surface area contributed by atoms with Gasteiger partial charge in [0.25, 0.3) is 0 Å². The molecule has 0 aliphatic rings. The van der Waals surface area contributed by atoms with Gasteiger partial charge in [-0.2, -0.15) is 0 Å². The molecule has 0 heterocycles. The molecule has 1 rings (SSSR count). The minimum atomic E-state index is 1.08. The van der Waals surface area contributed by atoms with Gasteiger partial charge >= 0.3 is 0 Å². The molecule has 0 bridgehead atoms. The second kappa shape index (κ2) is 7.81. The Bertz CT molecular complexity index is 268. The summed E-state index contributed by atoms with van der Waals surface area (Å²) in [4.78, 5) is 1.08. The highest BCUT2D eigenvalue weighted by atomic mass is 32.1. The van der Waals surface area contributed by atoms with Crippen molar-refractivity contribution in [2.45, 2.75) is 56.8 Å². The van der Waals surface area contributed by atoms with E-state index in [0.29, 0.717) is 0 Å². The number of unbranched alkanes of at least 4 members (excludes halogenated alkanes) is 5. The average molecular weight is 222 g/mol. The molecule has 1 aromatic carbocycles. The zero-order chi connectivity index (χ0) is 10.9. The normalized spacial score (nSPS) is 10.5. The molecule has 1 heteroatoms. The Labute approximate surface area is 99.5 Å². The second-order valence-electron chi connectivity index (χ2n) is 4.19. The van der Waals surface area contributed by atoms with Crippen LogP contribution < -0.4 is 0 Å². The summed E-state index contributed by atoms with van der Waals surface area (Å²) in [5.41, 5.74) is 1.43. The molecule has 0 aromatic heterocycles. The van der Waals surface area contributed by atoms with E-state index in [4.69, 9.17) is 0 Å². The third-order valence-corrected chi connectivity index (χ3v) is 3.01. The maximum absolute atomic E-state index is 4.35. The Balaban J connectivity index is 2.10. The zero-order valence-corrected chi connectivity index (χ0v) is 10.6. The third-order valence-electron chi connectivity index (χ3n) is 2.73. The van der Waals surface area contributed by atoms with Gasteiger partial charge < -0.3 is 0 Å². The predicted molar refractivity (Wildman–Crippen MR) is 70.8 cm³/mol. The quantitative estimate of drug-likeness (QED) is 0.493. The summed E-state index contributed by atoms with van der Waals surface area (Å²) in [5, 5.41) is 0. The smallest absolute Gasteiger partial charge is 0.00427 e. The maximum Gasteiger partial charge on any atom is 0.00427 e. The van der Waals surface area contributed by atoms with Crippen molar-refractivity contribution in [3.8, 4) is 0 Å². The van der Waals surface area contributed by atoms with E-state index >= 15 is 0 Å². The van der Waals surface area contributed by atoms with Crippen LogP contribution >= 0.6 is 12.6 Å². The summed E-state index contributed by atoms with van der Waals surface area (Å²) in [7, 11) is 0. The van der Waals surface area contributed by atoms with Crippen molar-refractivity contribution >= 4 is 12.6 Å². The Kier molecular flexibility index (Phi) is 6.58. The molecule has 0 N–H and O–H groups in total. The number of benzene rings is 1. The molecule has 0 aliphatic heterocycles. The lowest BCUT2D eigenvalue weighted by Gasteiger charge is -2.02. The molecule has 0 radical (unpaired) electrons. The molecule has 0 saturated heterocycles. The molecule has 0 atom stereocenters. The first kappa shape index (κ1) is 12.6. The average Bonchev–Trinajstić information content (AvgIpc) is 2.23. The van der Waals surface area contributed by atoms with Crippen molar-refractivity contribution < 1.29 is 0 Å². The van der Waals surface area contributed by atoms with Crippen LogP contribution in [0.4, 0.5) is 0 Å². The molecule has 0 amide bonds. The van der Waals surface area contributed by atoms with Crippen LogP contribution in [0.15, 0.2) is 29.2 Å². The van der Waals surface area contributed by atoms with Crippen LogP contribution in [0.25, 0.3) is 0 Å². The fourth-order valence-electron chi connectivity index (χ4n) is 1.82. The molecule has 0 spiro atoms. The number of thiol groups is 1. The largest absolute Gasteiger partial charge is 0.143 e. The minimum absolute atomic E-state index is 1.08. The van der Waals surface area contributed by atoms with Gasteiger partial charge in [0.2, 0.25) is 0 Å². The Morgan fingerprint density at radius 2 is 1.73 bits per heavy atom. The Morgan fingerprint density at radius 3 is 2.47 bits per heavy atom. The van der Waals surface area contributed by atoms with Gasteiger partial charge in [0, 0.05) is 4.90 Å². The molecule has 0 aliphatic carbocycles. The van der Waals surface area contributed by atoms with E-state index in [1.807, 2.05) is 6.07 Å². The van der Waals surface area contributed by atoms with E-state index in [-0.39, 0.29) is 0 Å². The summed E-state index contributed by atoms with van der Waals surface area (Å²) >= 11 is 4.35. The number of aryl methyl sites for hydroxylation is 1. The van der Waals surface area contributed by atoms with Crippen LogP contribution in [0.2, 0.25) is 0 Å². The first-order chi connectivity index (χ1) is 7.33. The van der Waals surface area contributed by atoms with E-state index in [9.17, 15) is 0 Å². The highest BCUT2D eigenvalue weighted by molar-refractivity contribution is 7.80. The van der Waals surface area contributed by atoms with Crippen molar-refractivity contribution in [2.75, 3.05) is 0 Å². The van der Waals surface area contributed by atoms with E-state index < -0.39 is 0 Å². The van der Waals surface area contributed by atoms with Crippen LogP contribution in [0.3, 0.4) is 0 Å². The van der Waals surface area contributed by atoms with Gasteiger partial charge in [-0.3, -0.25) is 0 Å². The van der Waals surface area contributed by atoms with Crippen LogP contribution in [0.1, 0.15) is 51.0 Å². The van der Waals surface area contributed by atoms with Gasteiger partial charge in [-0.15, -0.1) is 12.6 Å². The van der Waals surface area contributed by atoms with Gasteiger partial charge in [-0.1, -0.05) is 51.2 Å². The third kappa shape index (κ3) is 5.88. The monoisotopic (exact) mass is 222 g/mol. The molecule has 0 unspecified atom stereocenters. The molecule has 84 valence electrons. The van der Waals surface area contributed by atoms with E-state index in [1.54, 1.807) is 0 Å². The minimum Gasteiger partial charge on any atom is -0.143 e. The topological polar surface area (TPSA) is 0 Å². The van der Waals surface area contributed by atoms with Crippen LogP contribution in [0.5, 0.6) is 0 Å². The summed E-state index contributed by atoms with van der Waals surface area (Å²) < 4.78 is 0. The van der Waals surface area contributed by atoms with Gasteiger partial charge in [0.05, 0.1) is 0 Å². The maximum atomic E-state index is 4.35. The zero-order valence-electron chi connectivity index (χ0n) is 9.71. The first-order valence-corrected chi connectivity index (χ1v) is 6.55.